The predicted molar refractivity (Wildman–Crippen MR) is 67.0 cm³/mol. The highest BCUT2D eigenvalue weighted by molar-refractivity contribution is 14.1. The van der Waals surface area contributed by atoms with Crippen LogP contribution >= 0.6 is 22.6 Å². The van der Waals surface area contributed by atoms with Gasteiger partial charge in [0.05, 0.1) is 11.5 Å². The number of hydrogen-bond donors (Lipinski definition) is 0. The number of halogens is 1. The van der Waals surface area contributed by atoms with Gasteiger partial charge in [0, 0.05) is 3.57 Å². The van der Waals surface area contributed by atoms with Gasteiger partial charge in [-0.1, -0.05) is 0 Å². The maximum Gasteiger partial charge on any atom is 0.322 e. The summed E-state index contributed by atoms with van der Waals surface area (Å²) in [6.07, 6.45) is 0. The Labute approximate surface area is 106 Å². The van der Waals surface area contributed by atoms with Crippen molar-refractivity contribution in [3.8, 4) is 5.75 Å². The number of carbonyl (C=O) groups excluding carboxylic acids is 1. The van der Waals surface area contributed by atoms with E-state index in [2.05, 4.69) is 0 Å². The molecule has 6 heteroatoms. The Kier molecular flexibility index (Phi) is 4.22. The SMILES string of the molecule is CCOc1ccc(I)c(C(C)=O)c1[N+](=O)[O-]. The second-order valence-corrected chi connectivity index (χ2v) is 4.18. The molecule has 0 spiro atoms. The van der Waals surface area contributed by atoms with Crippen LogP contribution in [-0.2, 0) is 0 Å². The molecule has 0 aromatic heterocycles. The number of nitrogens with zero attached hydrogens (tertiary/aromatic N) is 1. The third-order valence-electron chi connectivity index (χ3n) is 1.92. The van der Waals surface area contributed by atoms with E-state index in [0.717, 1.165) is 0 Å². The van der Waals surface area contributed by atoms with Crippen LogP contribution in [0, 0.1) is 13.7 Å². The normalized spacial score (nSPS) is 9.94. The summed E-state index contributed by atoms with van der Waals surface area (Å²) in [5.74, 6) is -0.198. The van der Waals surface area contributed by atoms with Crippen molar-refractivity contribution in [1.82, 2.24) is 0 Å². The molecule has 1 aromatic rings. The van der Waals surface area contributed by atoms with Crippen molar-refractivity contribution in [1.29, 1.82) is 0 Å². The Bertz CT molecular complexity index is 445. The number of hydrogen-bond acceptors (Lipinski definition) is 4. The minimum Gasteiger partial charge on any atom is -0.487 e. The van der Waals surface area contributed by atoms with Gasteiger partial charge in [0.25, 0.3) is 0 Å². The minimum atomic E-state index is -0.579. The van der Waals surface area contributed by atoms with Gasteiger partial charge in [-0.2, -0.15) is 0 Å². The van der Waals surface area contributed by atoms with Crippen LogP contribution in [0.1, 0.15) is 24.2 Å². The summed E-state index contributed by atoms with van der Waals surface area (Å²) in [5, 5.41) is 10.9. The Morgan fingerprint density at radius 3 is 2.62 bits per heavy atom. The standard InChI is InChI=1S/C10H10INO4/c1-3-16-8-5-4-7(11)9(6(2)13)10(8)12(14)15/h4-5H,3H2,1-2H3. The molecular weight excluding hydrogens is 325 g/mol. The van der Waals surface area contributed by atoms with Gasteiger partial charge >= 0.3 is 5.69 Å². The molecule has 0 aliphatic heterocycles. The molecule has 0 heterocycles. The molecule has 0 aliphatic carbocycles. The third-order valence-corrected chi connectivity index (χ3v) is 2.82. The van der Waals surface area contributed by atoms with Gasteiger partial charge in [-0.05, 0) is 48.6 Å². The van der Waals surface area contributed by atoms with Crippen molar-refractivity contribution in [3.63, 3.8) is 0 Å². The summed E-state index contributed by atoms with van der Waals surface area (Å²) >= 11 is 1.90. The molecule has 0 saturated carbocycles. The highest BCUT2D eigenvalue weighted by Crippen LogP contribution is 2.34. The second kappa shape index (κ2) is 5.24. The molecule has 0 bridgehead atoms. The Morgan fingerprint density at radius 1 is 1.56 bits per heavy atom. The fourth-order valence-electron chi connectivity index (χ4n) is 1.34. The number of Topliss-reactive ketones (excluding diaryl/α,β-unsaturated/α-hetero) is 1. The van der Waals surface area contributed by atoms with E-state index in [1.165, 1.54) is 13.0 Å². The number of nitro benzene ring substituents is 1. The molecule has 16 heavy (non-hydrogen) atoms. The molecule has 0 unspecified atom stereocenters. The summed E-state index contributed by atoms with van der Waals surface area (Å²) in [6.45, 7) is 3.36. The van der Waals surface area contributed by atoms with Crippen LogP contribution in [0.4, 0.5) is 5.69 Å². The molecule has 0 fully saturated rings. The number of ketones is 1. The van der Waals surface area contributed by atoms with Crippen LogP contribution in [0.15, 0.2) is 12.1 Å². The lowest BCUT2D eigenvalue weighted by molar-refractivity contribution is -0.386. The molecule has 1 rings (SSSR count). The number of benzene rings is 1. The van der Waals surface area contributed by atoms with Crippen molar-refractivity contribution in [3.05, 3.63) is 31.4 Å². The van der Waals surface area contributed by atoms with Gasteiger partial charge in [0.2, 0.25) is 0 Å². The topological polar surface area (TPSA) is 69.4 Å². The van der Waals surface area contributed by atoms with Gasteiger partial charge in [-0.15, -0.1) is 0 Å². The minimum absolute atomic E-state index is 0.108. The van der Waals surface area contributed by atoms with E-state index in [4.69, 9.17) is 4.74 Å². The van der Waals surface area contributed by atoms with Gasteiger partial charge < -0.3 is 4.74 Å². The zero-order chi connectivity index (χ0) is 12.3. The number of carbonyl (C=O) groups is 1. The highest BCUT2D eigenvalue weighted by Gasteiger charge is 2.26. The lowest BCUT2D eigenvalue weighted by Gasteiger charge is -2.08. The summed E-state index contributed by atoms with van der Waals surface area (Å²) in [5.41, 5.74) is -0.141. The number of rotatable bonds is 4. The van der Waals surface area contributed by atoms with Crippen molar-refractivity contribution in [2.75, 3.05) is 6.61 Å². The first-order valence-corrected chi connectivity index (χ1v) is 5.67. The van der Waals surface area contributed by atoms with E-state index in [1.807, 2.05) is 22.6 Å². The first-order valence-electron chi connectivity index (χ1n) is 4.59. The van der Waals surface area contributed by atoms with Gasteiger partial charge in [0.15, 0.2) is 11.5 Å². The number of nitro groups is 1. The first kappa shape index (κ1) is 12.9. The molecule has 1 aromatic carbocycles. The van der Waals surface area contributed by atoms with Gasteiger partial charge in [-0.25, -0.2) is 0 Å². The molecule has 0 aliphatic rings. The van der Waals surface area contributed by atoms with Crippen molar-refractivity contribution in [2.45, 2.75) is 13.8 Å². The van der Waals surface area contributed by atoms with Crippen LogP contribution < -0.4 is 4.74 Å². The maximum absolute atomic E-state index is 11.4. The molecule has 0 amide bonds. The second-order valence-electron chi connectivity index (χ2n) is 3.02. The van der Waals surface area contributed by atoms with E-state index in [1.54, 1.807) is 13.0 Å². The van der Waals surface area contributed by atoms with Gasteiger partial charge in [0.1, 0.15) is 5.56 Å². The van der Waals surface area contributed by atoms with E-state index in [0.29, 0.717) is 10.2 Å². The first-order chi connectivity index (χ1) is 7.49. The number of ether oxygens (including phenoxy) is 1. The fourth-order valence-corrected chi connectivity index (χ4v) is 2.15. The van der Waals surface area contributed by atoms with Crippen LogP contribution in [0.2, 0.25) is 0 Å². The Balaban J connectivity index is 3.49. The average Bonchev–Trinajstić information content (AvgIpc) is 2.19. The molecule has 0 saturated heterocycles. The zero-order valence-electron chi connectivity index (χ0n) is 8.82. The van der Waals surface area contributed by atoms with Crippen LogP contribution in [0.5, 0.6) is 5.75 Å². The van der Waals surface area contributed by atoms with E-state index >= 15 is 0 Å². The molecule has 5 nitrogen and oxygen atoms in total. The summed E-state index contributed by atoms with van der Waals surface area (Å²) < 4.78 is 5.70. The average molecular weight is 335 g/mol. The molecule has 0 radical (unpaired) electrons. The summed E-state index contributed by atoms with van der Waals surface area (Å²) in [4.78, 5) is 21.7. The third kappa shape index (κ3) is 2.49. The largest absolute Gasteiger partial charge is 0.487 e. The Hall–Kier alpha value is -1.18. The van der Waals surface area contributed by atoms with Crippen molar-refractivity contribution in [2.24, 2.45) is 0 Å². The lowest BCUT2D eigenvalue weighted by atomic mass is 10.1. The smallest absolute Gasteiger partial charge is 0.322 e. The van der Waals surface area contributed by atoms with Crippen molar-refractivity contribution >= 4 is 34.1 Å². The summed E-state index contributed by atoms with van der Waals surface area (Å²) in [7, 11) is 0. The monoisotopic (exact) mass is 335 g/mol. The maximum atomic E-state index is 11.4. The van der Waals surface area contributed by atoms with E-state index in [9.17, 15) is 14.9 Å². The van der Waals surface area contributed by atoms with E-state index in [-0.39, 0.29) is 22.8 Å². The fraction of sp³-hybridized carbons (Fsp3) is 0.300. The van der Waals surface area contributed by atoms with Crippen molar-refractivity contribution < 1.29 is 14.5 Å². The van der Waals surface area contributed by atoms with Crippen LogP contribution in [0.3, 0.4) is 0 Å². The Morgan fingerprint density at radius 2 is 2.19 bits per heavy atom. The molecular formula is C10H10INO4. The lowest BCUT2D eigenvalue weighted by Crippen LogP contribution is -2.06. The molecule has 0 atom stereocenters. The van der Waals surface area contributed by atoms with Crippen LogP contribution in [-0.4, -0.2) is 17.3 Å². The quantitative estimate of drug-likeness (QED) is 0.367. The van der Waals surface area contributed by atoms with E-state index < -0.39 is 4.92 Å². The van der Waals surface area contributed by atoms with Crippen LogP contribution in [0.25, 0.3) is 0 Å². The highest BCUT2D eigenvalue weighted by atomic mass is 127. The summed E-state index contributed by atoms with van der Waals surface area (Å²) in [6, 6.07) is 3.14. The van der Waals surface area contributed by atoms with Gasteiger partial charge in [-0.3, -0.25) is 14.9 Å². The predicted octanol–water partition coefficient (Wildman–Crippen LogP) is 2.80. The molecule has 86 valence electrons. The zero-order valence-corrected chi connectivity index (χ0v) is 11.0. The molecule has 0 N–H and O–H groups in total.